The summed E-state index contributed by atoms with van der Waals surface area (Å²) >= 11 is 0. The highest BCUT2D eigenvalue weighted by molar-refractivity contribution is 7.48. The van der Waals surface area contributed by atoms with Gasteiger partial charge in [0.1, 0.15) is 18.8 Å². The van der Waals surface area contributed by atoms with Gasteiger partial charge in [0.2, 0.25) is 12.3 Å². The van der Waals surface area contributed by atoms with Crippen LogP contribution in [0.4, 0.5) is 4.79 Å². The first kappa shape index (κ1) is 44.2. The highest BCUT2D eigenvalue weighted by atomic mass is 31.2. The molecule has 61 heavy (non-hydrogen) atoms. The molecule has 0 spiro atoms. The highest BCUT2D eigenvalue weighted by Crippen LogP contribution is 2.53. The first-order chi connectivity index (χ1) is 29.6. The van der Waals surface area contributed by atoms with Crippen molar-refractivity contribution in [3.8, 4) is 11.5 Å². The minimum absolute atomic E-state index is 0.0237. The Labute approximate surface area is 355 Å². The summed E-state index contributed by atoms with van der Waals surface area (Å²) < 4.78 is 49.9. The van der Waals surface area contributed by atoms with E-state index >= 15 is 0 Å². The van der Waals surface area contributed by atoms with E-state index in [-0.39, 0.29) is 51.0 Å². The van der Waals surface area contributed by atoms with Crippen LogP contribution in [-0.2, 0) is 67.3 Å². The zero-order valence-electron chi connectivity index (χ0n) is 33.6. The number of benzene rings is 6. The Bertz CT molecular complexity index is 2280. The lowest BCUT2D eigenvalue weighted by atomic mass is 9.91. The van der Waals surface area contributed by atoms with Crippen LogP contribution in [0.15, 0.2) is 170 Å². The van der Waals surface area contributed by atoms with Crippen LogP contribution >= 0.6 is 7.82 Å². The van der Waals surface area contributed by atoms with E-state index < -0.39 is 31.8 Å². The van der Waals surface area contributed by atoms with Crippen LogP contribution in [0.5, 0.6) is 11.5 Å². The van der Waals surface area contributed by atoms with Gasteiger partial charge >= 0.3 is 13.9 Å². The van der Waals surface area contributed by atoms with Gasteiger partial charge in [0.05, 0.1) is 19.8 Å². The van der Waals surface area contributed by atoms with Gasteiger partial charge in [-0.2, -0.15) is 5.01 Å². The first-order valence-electron chi connectivity index (χ1n) is 19.4. The van der Waals surface area contributed by atoms with E-state index in [9.17, 15) is 19.3 Å². The van der Waals surface area contributed by atoms with E-state index in [1.807, 2.05) is 115 Å². The summed E-state index contributed by atoms with van der Waals surface area (Å²) in [5.74, 6) is -0.767. The van der Waals surface area contributed by atoms with Gasteiger partial charge in [-0.25, -0.2) is 14.8 Å². The van der Waals surface area contributed by atoms with Crippen LogP contribution in [-0.4, -0.2) is 34.1 Å². The summed E-state index contributed by atoms with van der Waals surface area (Å²) in [5.41, 5.74) is 10.9. The number of aliphatic hydroxyl groups excluding tert-OH is 1. The molecule has 6 aromatic carbocycles. The molecule has 0 radical (unpaired) electrons. The molecule has 6 aromatic rings. The number of rotatable bonds is 22. The standard InChI is InChI=1S/C47H48N3O10P/c1-47(44(48)51,50(46(53)57-33-38-21-11-4-12-22-38)49-45(52)56-32-37-19-9-3-10-20-37)30-41-27-28-42(43(29-41)55-31-36-17-7-2-8-18-36)60-61(54,58-34-39-23-13-5-14-24-39)59-35-40-25-15-6-16-26-40/h2-29,46,53H,30-35H2,1H3,(H2,48,51)(H,49,52)/t46?,47-/m0/s1. The van der Waals surface area contributed by atoms with Crippen LogP contribution < -0.4 is 20.4 Å². The molecule has 316 valence electrons. The lowest BCUT2D eigenvalue weighted by Crippen LogP contribution is -2.66. The molecule has 0 aliphatic rings. The molecule has 0 bridgehead atoms. The number of hydrogen-bond acceptors (Lipinski definition) is 11. The summed E-state index contributed by atoms with van der Waals surface area (Å²) in [6.45, 7) is 1.21. The maximum atomic E-state index is 14.4. The molecule has 0 aliphatic carbocycles. The fourth-order valence-electron chi connectivity index (χ4n) is 6.04. The second kappa shape index (κ2) is 21.8. The van der Waals surface area contributed by atoms with Crippen LogP contribution in [0.25, 0.3) is 0 Å². The van der Waals surface area contributed by atoms with E-state index in [4.69, 9.17) is 33.5 Å². The smallest absolute Gasteiger partial charge is 0.485 e. The van der Waals surface area contributed by atoms with Crippen LogP contribution in [0.1, 0.15) is 40.3 Å². The van der Waals surface area contributed by atoms with E-state index in [1.165, 1.54) is 13.0 Å². The number of aliphatic hydroxyl groups is 1. The quantitative estimate of drug-likeness (QED) is 0.0340. The Morgan fingerprint density at radius 2 is 1.07 bits per heavy atom. The van der Waals surface area contributed by atoms with Crippen LogP contribution in [0, 0.1) is 0 Å². The number of amides is 2. The zero-order chi connectivity index (χ0) is 42.9. The summed E-state index contributed by atoms with van der Waals surface area (Å²) in [4.78, 5) is 26.8. The number of phosphoric ester groups is 1. The largest absolute Gasteiger partial charge is 0.530 e. The van der Waals surface area contributed by atoms with Crippen molar-refractivity contribution in [2.75, 3.05) is 0 Å². The average Bonchev–Trinajstić information content (AvgIpc) is 3.29. The van der Waals surface area contributed by atoms with Gasteiger partial charge in [0.25, 0.3) is 0 Å². The molecule has 0 aliphatic heterocycles. The number of nitrogens with one attached hydrogen (secondary N) is 1. The molecule has 0 heterocycles. The normalized spacial score (nSPS) is 12.8. The van der Waals surface area contributed by atoms with Gasteiger partial charge in [-0.1, -0.05) is 158 Å². The Hall–Kier alpha value is -6.31. The third-order valence-corrected chi connectivity index (χ3v) is 10.7. The molecule has 4 N–H and O–H groups in total. The number of ether oxygens (including phenoxy) is 3. The lowest BCUT2D eigenvalue weighted by molar-refractivity contribution is -0.240. The second-order valence-electron chi connectivity index (χ2n) is 14.1. The number of carbonyl (C=O) groups excluding carboxylic acids is 2. The minimum atomic E-state index is -4.35. The molecular weight excluding hydrogens is 798 g/mol. The van der Waals surface area contributed by atoms with Gasteiger partial charge in [0.15, 0.2) is 11.5 Å². The molecule has 2 amide bonds. The molecule has 1 unspecified atom stereocenters. The van der Waals surface area contributed by atoms with Crippen molar-refractivity contribution >= 4 is 19.8 Å². The molecule has 6 rings (SSSR count). The minimum Gasteiger partial charge on any atom is -0.485 e. The Morgan fingerprint density at radius 1 is 0.623 bits per heavy atom. The SMILES string of the molecule is C[C@](Cc1ccc(OP(=O)(OCc2ccccc2)OCc2ccccc2)c(OCc2ccccc2)c1)(C(N)=O)N(NC(=O)OCc1ccccc1)C(O)OCc1ccccc1. The topological polar surface area (TPSA) is 168 Å². The van der Waals surface area contributed by atoms with Gasteiger partial charge in [-0.3, -0.25) is 13.8 Å². The van der Waals surface area contributed by atoms with Crippen LogP contribution in [0.3, 0.4) is 0 Å². The van der Waals surface area contributed by atoms with Crippen molar-refractivity contribution in [3.63, 3.8) is 0 Å². The maximum Gasteiger partial charge on any atom is 0.530 e. The maximum absolute atomic E-state index is 14.4. The summed E-state index contributed by atoms with van der Waals surface area (Å²) in [6.07, 6.45) is -3.06. The predicted octanol–water partition coefficient (Wildman–Crippen LogP) is 8.61. The third kappa shape index (κ3) is 13.3. The van der Waals surface area contributed by atoms with Crippen molar-refractivity contribution in [1.29, 1.82) is 0 Å². The number of nitrogens with two attached hydrogens (primary N) is 1. The van der Waals surface area contributed by atoms with Gasteiger partial charge < -0.3 is 29.6 Å². The van der Waals surface area contributed by atoms with Crippen molar-refractivity contribution in [2.45, 2.75) is 58.3 Å². The van der Waals surface area contributed by atoms with Crippen molar-refractivity contribution in [2.24, 2.45) is 5.73 Å². The Balaban J connectivity index is 1.30. The van der Waals surface area contributed by atoms with Crippen molar-refractivity contribution < 1.29 is 47.0 Å². The zero-order valence-corrected chi connectivity index (χ0v) is 34.5. The second-order valence-corrected chi connectivity index (χ2v) is 15.7. The fourth-order valence-corrected chi connectivity index (χ4v) is 7.22. The predicted molar refractivity (Wildman–Crippen MR) is 228 cm³/mol. The monoisotopic (exact) mass is 845 g/mol. The van der Waals surface area contributed by atoms with Crippen LogP contribution in [0.2, 0.25) is 0 Å². The molecule has 2 atom stereocenters. The van der Waals surface area contributed by atoms with E-state index in [1.54, 1.807) is 48.5 Å². The molecular formula is C47H48N3O10P. The van der Waals surface area contributed by atoms with Crippen molar-refractivity contribution in [3.05, 3.63) is 203 Å². The average molecular weight is 846 g/mol. The van der Waals surface area contributed by atoms with Gasteiger partial charge in [-0.05, 0) is 52.4 Å². The fraction of sp³-hybridized carbons (Fsp3) is 0.191. The molecule has 0 saturated carbocycles. The number of primary amides is 1. The number of hydrazine groups is 1. The number of phosphoric acid groups is 1. The van der Waals surface area contributed by atoms with Crippen molar-refractivity contribution in [1.82, 2.24) is 10.4 Å². The van der Waals surface area contributed by atoms with E-state index in [2.05, 4.69) is 5.43 Å². The number of carbonyl (C=O) groups is 2. The Morgan fingerprint density at radius 3 is 1.54 bits per heavy atom. The van der Waals surface area contributed by atoms with Gasteiger partial charge in [0, 0.05) is 6.42 Å². The Kier molecular flexibility index (Phi) is 15.8. The van der Waals surface area contributed by atoms with E-state index in [0.717, 1.165) is 27.3 Å². The summed E-state index contributed by atoms with van der Waals surface area (Å²) in [5, 5.41) is 12.4. The number of hydrogen-bond donors (Lipinski definition) is 3. The molecule has 13 nitrogen and oxygen atoms in total. The third-order valence-electron chi connectivity index (χ3n) is 9.42. The lowest BCUT2D eigenvalue weighted by Gasteiger charge is -2.40. The van der Waals surface area contributed by atoms with Gasteiger partial charge in [-0.15, -0.1) is 0 Å². The molecule has 14 heteroatoms. The first-order valence-corrected chi connectivity index (χ1v) is 20.9. The highest BCUT2D eigenvalue weighted by Gasteiger charge is 2.44. The summed E-state index contributed by atoms with van der Waals surface area (Å²) in [7, 11) is -4.35. The molecule has 0 aromatic heterocycles. The van der Waals surface area contributed by atoms with E-state index in [0.29, 0.717) is 11.1 Å². The number of nitrogens with zero attached hydrogens (tertiary/aromatic N) is 1. The molecule has 0 saturated heterocycles. The molecule has 0 fully saturated rings. The summed E-state index contributed by atoms with van der Waals surface area (Å²) in [6, 6.07) is 50.5.